The van der Waals surface area contributed by atoms with Crippen molar-refractivity contribution in [1.29, 1.82) is 5.26 Å². The van der Waals surface area contributed by atoms with E-state index in [9.17, 15) is 10.1 Å². The normalized spacial score (nSPS) is 11.2. The largest absolute Gasteiger partial charge is 0.465 e. The van der Waals surface area contributed by atoms with E-state index in [2.05, 4.69) is 37.9 Å². The Labute approximate surface area is 123 Å². The summed E-state index contributed by atoms with van der Waals surface area (Å²) in [5, 5.41) is 9.17. The van der Waals surface area contributed by atoms with Crippen LogP contribution < -0.4 is 0 Å². The standard InChI is InChI=1S/C13H13Br2NO2/c1-13(2,7-16)10-5-8(11(14)15)4-9(6-10)12(17)18-3/h4-6,11H,1-3H3. The van der Waals surface area contributed by atoms with Crippen molar-refractivity contribution >= 4 is 37.8 Å². The number of hydrogen-bond acceptors (Lipinski definition) is 3. The van der Waals surface area contributed by atoms with E-state index in [0.29, 0.717) is 5.56 Å². The number of halogens is 2. The van der Waals surface area contributed by atoms with Gasteiger partial charge in [-0.25, -0.2) is 4.79 Å². The van der Waals surface area contributed by atoms with Gasteiger partial charge in [0.05, 0.1) is 27.9 Å². The topological polar surface area (TPSA) is 50.1 Å². The van der Waals surface area contributed by atoms with E-state index in [1.165, 1.54) is 7.11 Å². The fraction of sp³-hybridized carbons (Fsp3) is 0.385. The van der Waals surface area contributed by atoms with Crippen LogP contribution in [0.15, 0.2) is 18.2 Å². The molecule has 0 N–H and O–H groups in total. The van der Waals surface area contributed by atoms with Crippen molar-refractivity contribution in [2.75, 3.05) is 7.11 Å². The second-order valence-electron chi connectivity index (χ2n) is 4.37. The highest BCUT2D eigenvalue weighted by Gasteiger charge is 2.23. The molecule has 96 valence electrons. The number of carbonyl (C=O) groups is 1. The van der Waals surface area contributed by atoms with Crippen molar-refractivity contribution in [3.8, 4) is 6.07 Å². The van der Waals surface area contributed by atoms with Crippen molar-refractivity contribution in [1.82, 2.24) is 0 Å². The molecule has 0 saturated heterocycles. The Hall–Kier alpha value is -0.860. The van der Waals surface area contributed by atoms with E-state index < -0.39 is 11.4 Å². The zero-order valence-electron chi connectivity index (χ0n) is 10.3. The summed E-state index contributed by atoms with van der Waals surface area (Å²) in [6.07, 6.45) is 0. The van der Waals surface area contributed by atoms with Gasteiger partial charge in [0.2, 0.25) is 0 Å². The van der Waals surface area contributed by atoms with Gasteiger partial charge in [-0.2, -0.15) is 5.26 Å². The molecule has 3 nitrogen and oxygen atoms in total. The molecule has 0 aliphatic rings. The zero-order chi connectivity index (χ0) is 13.9. The molecule has 18 heavy (non-hydrogen) atoms. The van der Waals surface area contributed by atoms with Crippen LogP contribution in [0.1, 0.15) is 39.1 Å². The number of nitrogens with zero attached hydrogens (tertiary/aromatic N) is 1. The average molecular weight is 375 g/mol. The van der Waals surface area contributed by atoms with Gasteiger partial charge in [-0.3, -0.25) is 0 Å². The third-order valence-corrected chi connectivity index (χ3v) is 3.69. The minimum absolute atomic E-state index is 0.0807. The molecular weight excluding hydrogens is 362 g/mol. The fourth-order valence-corrected chi connectivity index (χ4v) is 1.97. The molecule has 0 amide bonds. The second-order valence-corrected chi connectivity index (χ2v) is 7.43. The Kier molecular flexibility index (Phi) is 4.94. The maximum Gasteiger partial charge on any atom is 0.337 e. The van der Waals surface area contributed by atoms with Crippen molar-refractivity contribution < 1.29 is 9.53 Å². The van der Waals surface area contributed by atoms with Crippen LogP contribution in [0, 0.1) is 11.3 Å². The van der Waals surface area contributed by atoms with E-state index in [-0.39, 0.29) is 3.74 Å². The lowest BCUT2D eigenvalue weighted by Crippen LogP contribution is -2.16. The molecule has 0 unspecified atom stereocenters. The summed E-state index contributed by atoms with van der Waals surface area (Å²) in [5.74, 6) is -0.410. The van der Waals surface area contributed by atoms with Gasteiger partial charge in [-0.15, -0.1) is 0 Å². The van der Waals surface area contributed by atoms with Crippen molar-refractivity contribution in [3.05, 3.63) is 34.9 Å². The van der Waals surface area contributed by atoms with Crippen molar-refractivity contribution in [2.45, 2.75) is 23.0 Å². The van der Waals surface area contributed by atoms with Gasteiger partial charge in [-0.05, 0) is 37.1 Å². The third kappa shape index (κ3) is 3.33. The van der Waals surface area contributed by atoms with Gasteiger partial charge in [0.1, 0.15) is 0 Å². The highest BCUT2D eigenvalue weighted by atomic mass is 79.9. The number of alkyl halides is 2. The first-order valence-electron chi connectivity index (χ1n) is 5.25. The number of benzene rings is 1. The Balaban J connectivity index is 3.41. The number of rotatable bonds is 3. The van der Waals surface area contributed by atoms with E-state index in [4.69, 9.17) is 4.74 Å². The number of methoxy groups -OCH3 is 1. The van der Waals surface area contributed by atoms with Crippen LogP contribution in [0.4, 0.5) is 0 Å². The predicted octanol–water partition coefficient (Wildman–Crippen LogP) is 4.06. The van der Waals surface area contributed by atoms with Crippen LogP contribution >= 0.6 is 31.9 Å². The van der Waals surface area contributed by atoms with Crippen LogP contribution in [-0.2, 0) is 10.2 Å². The zero-order valence-corrected chi connectivity index (χ0v) is 13.5. The number of ether oxygens (including phenoxy) is 1. The van der Waals surface area contributed by atoms with Crippen molar-refractivity contribution in [3.63, 3.8) is 0 Å². The first-order chi connectivity index (χ1) is 8.31. The molecule has 1 aromatic carbocycles. The molecule has 1 aromatic rings. The Morgan fingerprint density at radius 1 is 1.39 bits per heavy atom. The smallest absolute Gasteiger partial charge is 0.337 e. The molecule has 0 aliphatic heterocycles. The lowest BCUT2D eigenvalue weighted by Gasteiger charge is -2.18. The van der Waals surface area contributed by atoms with Crippen LogP contribution in [0.5, 0.6) is 0 Å². The molecule has 0 fully saturated rings. The second kappa shape index (κ2) is 5.85. The maximum atomic E-state index is 11.6. The highest BCUT2D eigenvalue weighted by Crippen LogP contribution is 2.33. The first-order valence-corrected chi connectivity index (χ1v) is 7.08. The summed E-state index contributed by atoms with van der Waals surface area (Å²) in [6, 6.07) is 7.55. The molecule has 5 heteroatoms. The summed E-state index contributed by atoms with van der Waals surface area (Å²) in [5.41, 5.74) is 1.44. The fourth-order valence-electron chi connectivity index (χ4n) is 1.44. The number of hydrogen-bond donors (Lipinski definition) is 0. The summed E-state index contributed by atoms with van der Waals surface area (Å²) in [6.45, 7) is 3.62. The molecular formula is C13H13Br2NO2. The molecule has 0 heterocycles. The summed E-state index contributed by atoms with van der Waals surface area (Å²) in [7, 11) is 1.34. The quantitative estimate of drug-likeness (QED) is 0.592. The molecule has 0 aromatic heterocycles. The molecule has 0 aliphatic carbocycles. The molecule has 0 bridgehead atoms. The van der Waals surface area contributed by atoms with Gasteiger partial charge in [0, 0.05) is 0 Å². The minimum Gasteiger partial charge on any atom is -0.465 e. The van der Waals surface area contributed by atoms with Gasteiger partial charge < -0.3 is 4.74 Å². The van der Waals surface area contributed by atoms with Gasteiger partial charge in [0.15, 0.2) is 0 Å². The number of carbonyl (C=O) groups excluding carboxylic acids is 1. The predicted molar refractivity (Wildman–Crippen MR) is 77.0 cm³/mol. The Morgan fingerprint density at radius 2 is 2.00 bits per heavy atom. The lowest BCUT2D eigenvalue weighted by atomic mass is 9.84. The van der Waals surface area contributed by atoms with Crippen LogP contribution in [0.3, 0.4) is 0 Å². The Bertz CT molecular complexity index is 504. The number of esters is 1. The number of nitriles is 1. The van der Waals surface area contributed by atoms with Gasteiger partial charge >= 0.3 is 5.97 Å². The molecule has 1 rings (SSSR count). The SMILES string of the molecule is COC(=O)c1cc(C(Br)Br)cc(C(C)(C)C#N)c1. The van der Waals surface area contributed by atoms with Crippen LogP contribution in [0.2, 0.25) is 0 Å². The monoisotopic (exact) mass is 373 g/mol. The van der Waals surface area contributed by atoms with E-state index in [1.54, 1.807) is 12.1 Å². The third-order valence-electron chi connectivity index (χ3n) is 2.63. The molecule has 0 radical (unpaired) electrons. The van der Waals surface area contributed by atoms with Crippen LogP contribution in [-0.4, -0.2) is 13.1 Å². The Morgan fingerprint density at radius 3 is 2.44 bits per heavy atom. The minimum atomic E-state index is -0.659. The highest BCUT2D eigenvalue weighted by molar-refractivity contribution is 9.24. The van der Waals surface area contributed by atoms with Crippen LogP contribution in [0.25, 0.3) is 0 Å². The maximum absolute atomic E-state index is 11.6. The molecule has 0 saturated carbocycles. The average Bonchev–Trinajstić information content (AvgIpc) is 2.37. The summed E-state index contributed by atoms with van der Waals surface area (Å²) >= 11 is 6.78. The van der Waals surface area contributed by atoms with Gasteiger partial charge in [-0.1, -0.05) is 37.9 Å². The van der Waals surface area contributed by atoms with E-state index >= 15 is 0 Å². The summed E-state index contributed by atoms with van der Waals surface area (Å²) in [4.78, 5) is 11.6. The summed E-state index contributed by atoms with van der Waals surface area (Å²) < 4.78 is 4.64. The van der Waals surface area contributed by atoms with E-state index in [1.807, 2.05) is 19.9 Å². The van der Waals surface area contributed by atoms with Crippen molar-refractivity contribution in [2.24, 2.45) is 0 Å². The molecule has 0 spiro atoms. The van der Waals surface area contributed by atoms with E-state index in [0.717, 1.165) is 11.1 Å². The van der Waals surface area contributed by atoms with Gasteiger partial charge in [0.25, 0.3) is 0 Å². The lowest BCUT2D eigenvalue weighted by molar-refractivity contribution is 0.0600. The first kappa shape index (κ1) is 15.2. The molecule has 0 atom stereocenters.